The second-order valence-electron chi connectivity index (χ2n) is 5.54. The minimum absolute atomic E-state index is 0.00241. The molecule has 0 aliphatic carbocycles. The number of nitrogen functional groups attached to an aromatic ring is 1. The van der Waals surface area contributed by atoms with Gasteiger partial charge in [0, 0.05) is 31.8 Å². The number of carbonyl (C=O) groups is 1. The average Bonchev–Trinajstić information content (AvgIpc) is 2.55. The van der Waals surface area contributed by atoms with Crippen molar-refractivity contribution >= 4 is 28.7 Å². The zero-order chi connectivity index (χ0) is 17.4. The van der Waals surface area contributed by atoms with Crippen molar-refractivity contribution in [2.75, 3.05) is 35.7 Å². The first-order chi connectivity index (χ1) is 11.4. The largest absolute Gasteiger partial charge is 0.393 e. The van der Waals surface area contributed by atoms with Crippen LogP contribution in [0.15, 0.2) is 36.4 Å². The predicted molar refractivity (Wildman–Crippen MR) is 88.9 cm³/mol. The number of fused-ring (bicyclic) bond motifs is 1. The van der Waals surface area contributed by atoms with Gasteiger partial charge in [-0.2, -0.15) is 0 Å². The number of hydrogen-bond donors (Lipinski definition) is 1. The SMILES string of the molecule is CN1CCN(C(=O)c2ccc(N)c([N+](=O)[O-])c2)c2ccc(F)cc21. The molecule has 1 aliphatic heterocycles. The number of likely N-dealkylation sites (N-methyl/N-ethyl adjacent to an activating group) is 1. The van der Waals surface area contributed by atoms with Crippen LogP contribution in [0.4, 0.5) is 27.1 Å². The lowest BCUT2D eigenvalue weighted by atomic mass is 10.1. The van der Waals surface area contributed by atoms with Gasteiger partial charge in [-0.1, -0.05) is 0 Å². The van der Waals surface area contributed by atoms with Crippen LogP contribution in [0.5, 0.6) is 0 Å². The zero-order valence-electron chi connectivity index (χ0n) is 12.9. The Bertz CT molecular complexity index is 840. The fraction of sp³-hybridized carbons (Fsp3) is 0.188. The van der Waals surface area contributed by atoms with E-state index in [9.17, 15) is 19.3 Å². The molecule has 0 atom stereocenters. The lowest BCUT2D eigenvalue weighted by molar-refractivity contribution is -0.383. The van der Waals surface area contributed by atoms with Crippen molar-refractivity contribution in [1.82, 2.24) is 0 Å². The molecule has 2 aromatic rings. The van der Waals surface area contributed by atoms with E-state index in [0.717, 1.165) is 0 Å². The van der Waals surface area contributed by atoms with Gasteiger partial charge in [-0.3, -0.25) is 14.9 Å². The van der Waals surface area contributed by atoms with Gasteiger partial charge in [0.1, 0.15) is 11.5 Å². The number of anilines is 3. The van der Waals surface area contributed by atoms with E-state index < -0.39 is 10.7 Å². The van der Waals surface area contributed by atoms with Gasteiger partial charge in [0.2, 0.25) is 0 Å². The number of nitrogens with two attached hydrogens (primary N) is 1. The molecule has 124 valence electrons. The minimum Gasteiger partial charge on any atom is -0.393 e. The van der Waals surface area contributed by atoms with Crippen molar-refractivity contribution < 1.29 is 14.1 Å². The Kier molecular flexibility index (Phi) is 3.80. The van der Waals surface area contributed by atoms with Crippen LogP contribution in [0.25, 0.3) is 0 Å². The first kappa shape index (κ1) is 15.7. The molecule has 24 heavy (non-hydrogen) atoms. The number of amides is 1. The highest BCUT2D eigenvalue weighted by atomic mass is 19.1. The molecule has 1 aliphatic rings. The van der Waals surface area contributed by atoms with Crippen molar-refractivity contribution in [1.29, 1.82) is 0 Å². The summed E-state index contributed by atoms with van der Waals surface area (Å²) in [4.78, 5) is 26.5. The van der Waals surface area contributed by atoms with Crippen LogP contribution in [0, 0.1) is 15.9 Å². The number of nitrogens with zero attached hydrogens (tertiary/aromatic N) is 3. The molecular weight excluding hydrogens is 315 g/mol. The van der Waals surface area contributed by atoms with Crippen LogP contribution in [-0.4, -0.2) is 31.0 Å². The first-order valence-corrected chi connectivity index (χ1v) is 7.25. The molecule has 0 saturated carbocycles. The van der Waals surface area contributed by atoms with Gasteiger partial charge in [0.15, 0.2) is 0 Å². The molecule has 3 rings (SSSR count). The monoisotopic (exact) mass is 330 g/mol. The third-order valence-corrected chi connectivity index (χ3v) is 4.02. The Morgan fingerprint density at radius 2 is 1.96 bits per heavy atom. The molecule has 1 amide bonds. The number of halogens is 1. The van der Waals surface area contributed by atoms with Gasteiger partial charge in [-0.25, -0.2) is 4.39 Å². The van der Waals surface area contributed by atoms with E-state index in [1.54, 1.807) is 0 Å². The Morgan fingerprint density at radius 1 is 1.21 bits per heavy atom. The van der Waals surface area contributed by atoms with E-state index in [4.69, 9.17) is 5.73 Å². The molecule has 0 saturated heterocycles. The number of nitro benzene ring substituents is 1. The van der Waals surface area contributed by atoms with Crippen LogP contribution in [-0.2, 0) is 0 Å². The number of rotatable bonds is 2. The van der Waals surface area contributed by atoms with Crippen molar-refractivity contribution in [2.45, 2.75) is 0 Å². The second kappa shape index (κ2) is 5.80. The predicted octanol–water partition coefficient (Wildman–Crippen LogP) is 2.41. The maximum Gasteiger partial charge on any atom is 0.292 e. The van der Waals surface area contributed by atoms with Gasteiger partial charge < -0.3 is 15.5 Å². The van der Waals surface area contributed by atoms with E-state index in [1.165, 1.54) is 41.3 Å². The topological polar surface area (TPSA) is 92.7 Å². The third kappa shape index (κ3) is 2.62. The molecule has 2 aromatic carbocycles. The Balaban J connectivity index is 2.02. The maximum absolute atomic E-state index is 13.5. The summed E-state index contributed by atoms with van der Waals surface area (Å²) in [6.45, 7) is 0.922. The zero-order valence-corrected chi connectivity index (χ0v) is 12.9. The summed E-state index contributed by atoms with van der Waals surface area (Å²) in [7, 11) is 1.81. The van der Waals surface area contributed by atoms with Crippen LogP contribution in [0.2, 0.25) is 0 Å². The van der Waals surface area contributed by atoms with Crippen molar-refractivity contribution in [2.24, 2.45) is 0 Å². The van der Waals surface area contributed by atoms with E-state index >= 15 is 0 Å². The molecule has 7 nitrogen and oxygen atoms in total. The van der Waals surface area contributed by atoms with E-state index in [1.807, 2.05) is 11.9 Å². The molecule has 0 spiro atoms. The van der Waals surface area contributed by atoms with Gasteiger partial charge in [-0.05, 0) is 30.3 Å². The van der Waals surface area contributed by atoms with Gasteiger partial charge in [-0.15, -0.1) is 0 Å². The van der Waals surface area contributed by atoms with Crippen molar-refractivity contribution in [3.63, 3.8) is 0 Å². The normalized spacial score (nSPS) is 13.6. The first-order valence-electron chi connectivity index (χ1n) is 7.25. The molecule has 0 fully saturated rings. The summed E-state index contributed by atoms with van der Waals surface area (Å²) in [5, 5.41) is 11.0. The molecule has 0 unspecified atom stereocenters. The van der Waals surface area contributed by atoms with Gasteiger partial charge in [0.05, 0.1) is 16.3 Å². The number of hydrogen-bond acceptors (Lipinski definition) is 5. The summed E-state index contributed by atoms with van der Waals surface area (Å²) >= 11 is 0. The summed E-state index contributed by atoms with van der Waals surface area (Å²) < 4.78 is 13.5. The van der Waals surface area contributed by atoms with Crippen LogP contribution in [0.3, 0.4) is 0 Å². The highest BCUT2D eigenvalue weighted by Crippen LogP contribution is 2.34. The van der Waals surface area contributed by atoms with E-state index in [0.29, 0.717) is 24.5 Å². The summed E-state index contributed by atoms with van der Waals surface area (Å²) in [6.07, 6.45) is 0. The minimum atomic E-state index is -0.626. The molecule has 8 heteroatoms. The lowest BCUT2D eigenvalue weighted by Crippen LogP contribution is -2.42. The molecule has 0 bridgehead atoms. The van der Waals surface area contributed by atoms with Crippen LogP contribution < -0.4 is 15.5 Å². The summed E-state index contributed by atoms with van der Waals surface area (Å²) in [5.74, 6) is -0.780. The van der Waals surface area contributed by atoms with Crippen molar-refractivity contribution in [3.05, 3.63) is 57.9 Å². The Morgan fingerprint density at radius 3 is 2.67 bits per heavy atom. The fourth-order valence-corrected chi connectivity index (χ4v) is 2.72. The highest BCUT2D eigenvalue weighted by molar-refractivity contribution is 6.09. The maximum atomic E-state index is 13.5. The van der Waals surface area contributed by atoms with E-state index in [2.05, 4.69) is 0 Å². The Hall–Kier alpha value is -3.16. The van der Waals surface area contributed by atoms with Crippen molar-refractivity contribution in [3.8, 4) is 0 Å². The molecule has 0 aromatic heterocycles. The second-order valence-corrected chi connectivity index (χ2v) is 5.54. The fourth-order valence-electron chi connectivity index (χ4n) is 2.72. The average molecular weight is 330 g/mol. The smallest absolute Gasteiger partial charge is 0.292 e. The molecular formula is C16H15FN4O3. The number of carbonyl (C=O) groups excluding carboxylic acids is 1. The summed E-state index contributed by atoms with van der Waals surface area (Å²) in [5.41, 5.74) is 6.58. The van der Waals surface area contributed by atoms with Crippen LogP contribution in [0.1, 0.15) is 10.4 Å². The number of benzene rings is 2. The van der Waals surface area contributed by atoms with Gasteiger partial charge >= 0.3 is 0 Å². The Labute approximate surface area is 137 Å². The van der Waals surface area contributed by atoms with Gasteiger partial charge in [0.25, 0.3) is 11.6 Å². The molecule has 1 heterocycles. The van der Waals surface area contributed by atoms with E-state index in [-0.39, 0.29) is 22.8 Å². The number of nitro groups is 1. The summed E-state index contributed by atoms with van der Waals surface area (Å²) in [6, 6.07) is 8.13. The molecule has 0 radical (unpaired) electrons. The standard InChI is InChI=1S/C16H15FN4O3/c1-19-6-7-20(13-5-3-11(17)9-15(13)19)16(22)10-2-4-12(18)14(8-10)21(23)24/h2-5,8-9H,6-7,18H2,1H3. The van der Waals surface area contributed by atoms with Crippen LogP contribution >= 0.6 is 0 Å². The third-order valence-electron chi connectivity index (χ3n) is 4.02. The lowest BCUT2D eigenvalue weighted by Gasteiger charge is -2.35. The quantitative estimate of drug-likeness (QED) is 0.518. The highest BCUT2D eigenvalue weighted by Gasteiger charge is 2.27. The molecule has 2 N–H and O–H groups in total.